The van der Waals surface area contributed by atoms with E-state index in [-0.39, 0.29) is 22.4 Å². The Morgan fingerprint density at radius 3 is 2.74 bits per heavy atom. The maximum absolute atomic E-state index is 12.3. The van der Waals surface area contributed by atoms with Crippen LogP contribution in [0.1, 0.15) is 43.5 Å². The third-order valence-corrected chi connectivity index (χ3v) is 5.55. The highest BCUT2D eigenvalue weighted by Crippen LogP contribution is 2.46. The first-order valence-corrected chi connectivity index (χ1v) is 9.99. The zero-order chi connectivity index (χ0) is 19.0. The Labute approximate surface area is 163 Å². The van der Waals surface area contributed by atoms with Gasteiger partial charge in [-0.15, -0.1) is 10.2 Å². The Bertz CT molecular complexity index is 855. The van der Waals surface area contributed by atoms with E-state index in [1.807, 2.05) is 0 Å². The molecule has 0 unspecified atom stereocenters. The number of nitrogens with zero attached hydrogens (tertiary/aromatic N) is 3. The second-order valence-corrected chi connectivity index (χ2v) is 7.93. The first-order valence-electron chi connectivity index (χ1n) is 8.63. The SMILES string of the molecule is O=C(CSc1nnc(C2CC2)n1C1CC1)Nc1ccc(OC(F)F)c(Cl)c1. The van der Waals surface area contributed by atoms with E-state index in [2.05, 4.69) is 24.8 Å². The molecule has 10 heteroatoms. The summed E-state index contributed by atoms with van der Waals surface area (Å²) in [5.41, 5.74) is 0.412. The van der Waals surface area contributed by atoms with Gasteiger partial charge in [0.05, 0.1) is 10.8 Å². The molecule has 2 aliphatic rings. The van der Waals surface area contributed by atoms with E-state index in [4.69, 9.17) is 11.6 Å². The van der Waals surface area contributed by atoms with Gasteiger partial charge in [-0.3, -0.25) is 4.79 Å². The number of halogens is 3. The fourth-order valence-electron chi connectivity index (χ4n) is 2.78. The summed E-state index contributed by atoms with van der Waals surface area (Å²) in [6.07, 6.45) is 4.57. The summed E-state index contributed by atoms with van der Waals surface area (Å²) in [6, 6.07) is 4.59. The molecule has 1 heterocycles. The lowest BCUT2D eigenvalue weighted by Gasteiger charge is -2.10. The standard InChI is InChI=1S/C17H17ClF2N4O2S/c18-12-7-10(3-6-13(12)26-16(19)20)21-14(25)8-27-17-23-22-15(9-1-2-9)24(17)11-4-5-11/h3,6-7,9,11,16H,1-2,4-5,8H2,(H,21,25). The van der Waals surface area contributed by atoms with Gasteiger partial charge in [0.25, 0.3) is 0 Å². The lowest BCUT2D eigenvalue weighted by Crippen LogP contribution is -2.15. The molecule has 0 spiro atoms. The zero-order valence-corrected chi connectivity index (χ0v) is 15.8. The molecular formula is C17H17ClF2N4O2S. The van der Waals surface area contributed by atoms with Crippen molar-refractivity contribution in [3.05, 3.63) is 29.0 Å². The van der Waals surface area contributed by atoms with Crippen LogP contribution in [0.2, 0.25) is 5.02 Å². The number of nitrogens with one attached hydrogen (secondary N) is 1. The molecule has 1 aromatic carbocycles. The first-order chi connectivity index (χ1) is 13.0. The third-order valence-electron chi connectivity index (χ3n) is 4.31. The van der Waals surface area contributed by atoms with Crippen molar-refractivity contribution in [1.82, 2.24) is 14.8 Å². The minimum atomic E-state index is -2.95. The average molecular weight is 415 g/mol. The van der Waals surface area contributed by atoms with Crippen molar-refractivity contribution in [3.8, 4) is 5.75 Å². The van der Waals surface area contributed by atoms with Crippen LogP contribution in [0.3, 0.4) is 0 Å². The van der Waals surface area contributed by atoms with Crippen LogP contribution in [-0.4, -0.2) is 33.0 Å². The van der Waals surface area contributed by atoms with E-state index in [1.165, 1.54) is 30.0 Å². The fourth-order valence-corrected chi connectivity index (χ4v) is 3.82. The normalized spacial score (nSPS) is 16.6. The van der Waals surface area contributed by atoms with Gasteiger partial charge in [-0.2, -0.15) is 8.78 Å². The maximum Gasteiger partial charge on any atom is 0.387 e. The molecule has 2 aromatic rings. The van der Waals surface area contributed by atoms with E-state index in [0.717, 1.165) is 36.7 Å². The number of carbonyl (C=O) groups excluding carboxylic acids is 1. The lowest BCUT2D eigenvalue weighted by molar-refractivity contribution is -0.113. The quantitative estimate of drug-likeness (QED) is 0.645. The van der Waals surface area contributed by atoms with Crippen LogP contribution in [0.25, 0.3) is 0 Å². The summed E-state index contributed by atoms with van der Waals surface area (Å²) in [5.74, 6) is 1.35. The number of anilines is 1. The van der Waals surface area contributed by atoms with Crippen molar-refractivity contribution in [2.75, 3.05) is 11.1 Å². The summed E-state index contributed by atoms with van der Waals surface area (Å²) in [5, 5.41) is 12.0. The largest absolute Gasteiger partial charge is 0.433 e. The number of thioether (sulfide) groups is 1. The minimum Gasteiger partial charge on any atom is -0.433 e. The molecule has 1 amide bonds. The summed E-state index contributed by atoms with van der Waals surface area (Å²) in [4.78, 5) is 12.2. The molecule has 2 aliphatic carbocycles. The Balaban J connectivity index is 1.36. The zero-order valence-electron chi connectivity index (χ0n) is 14.2. The van der Waals surface area contributed by atoms with Gasteiger partial charge in [-0.25, -0.2) is 0 Å². The Kier molecular flexibility index (Phi) is 5.23. The van der Waals surface area contributed by atoms with Crippen LogP contribution in [-0.2, 0) is 4.79 Å². The van der Waals surface area contributed by atoms with Crippen molar-refractivity contribution in [2.24, 2.45) is 0 Å². The molecule has 4 rings (SSSR count). The first kappa shape index (κ1) is 18.5. The number of alkyl halides is 2. The molecule has 2 saturated carbocycles. The second-order valence-electron chi connectivity index (χ2n) is 6.58. The summed E-state index contributed by atoms with van der Waals surface area (Å²) in [7, 11) is 0. The van der Waals surface area contributed by atoms with Crippen LogP contribution in [0.4, 0.5) is 14.5 Å². The number of amides is 1. The van der Waals surface area contributed by atoms with Gasteiger partial charge in [0.2, 0.25) is 5.91 Å². The van der Waals surface area contributed by atoms with E-state index in [0.29, 0.717) is 17.6 Å². The van der Waals surface area contributed by atoms with Crippen molar-refractivity contribution in [3.63, 3.8) is 0 Å². The third kappa shape index (κ3) is 4.52. The molecular weight excluding hydrogens is 398 g/mol. The van der Waals surface area contributed by atoms with E-state index in [1.54, 1.807) is 0 Å². The summed E-state index contributed by atoms with van der Waals surface area (Å²) >= 11 is 7.24. The minimum absolute atomic E-state index is 0.00306. The number of hydrogen-bond donors (Lipinski definition) is 1. The van der Waals surface area contributed by atoms with Crippen molar-refractivity contribution in [1.29, 1.82) is 0 Å². The monoisotopic (exact) mass is 414 g/mol. The number of carbonyl (C=O) groups is 1. The summed E-state index contributed by atoms with van der Waals surface area (Å²) in [6.45, 7) is -2.95. The van der Waals surface area contributed by atoms with Gasteiger partial charge in [-0.05, 0) is 43.9 Å². The van der Waals surface area contributed by atoms with E-state index in [9.17, 15) is 13.6 Å². The van der Waals surface area contributed by atoms with Crippen LogP contribution >= 0.6 is 23.4 Å². The molecule has 6 nitrogen and oxygen atoms in total. The molecule has 0 radical (unpaired) electrons. The van der Waals surface area contributed by atoms with Crippen molar-refractivity contribution in [2.45, 2.75) is 49.4 Å². The number of aromatic nitrogens is 3. The molecule has 1 aromatic heterocycles. The van der Waals surface area contributed by atoms with Crippen LogP contribution in [0, 0.1) is 0 Å². The highest BCUT2D eigenvalue weighted by Gasteiger charge is 2.36. The molecule has 0 saturated heterocycles. The number of hydrogen-bond acceptors (Lipinski definition) is 5. The molecule has 0 aliphatic heterocycles. The maximum atomic E-state index is 12.3. The van der Waals surface area contributed by atoms with Gasteiger partial charge >= 0.3 is 6.61 Å². The molecule has 144 valence electrons. The molecule has 0 atom stereocenters. The van der Waals surface area contributed by atoms with E-state index >= 15 is 0 Å². The predicted octanol–water partition coefficient (Wildman–Crippen LogP) is 4.48. The smallest absolute Gasteiger partial charge is 0.387 e. The number of benzene rings is 1. The van der Waals surface area contributed by atoms with Crippen molar-refractivity contribution < 1.29 is 18.3 Å². The number of rotatable bonds is 8. The molecule has 2 fully saturated rings. The Morgan fingerprint density at radius 2 is 2.11 bits per heavy atom. The van der Waals surface area contributed by atoms with Gasteiger partial charge in [0, 0.05) is 17.6 Å². The van der Waals surface area contributed by atoms with Crippen LogP contribution in [0.15, 0.2) is 23.4 Å². The second kappa shape index (κ2) is 7.63. The summed E-state index contributed by atoms with van der Waals surface area (Å²) < 4.78 is 31.0. The molecule has 1 N–H and O–H groups in total. The van der Waals surface area contributed by atoms with Gasteiger partial charge in [-0.1, -0.05) is 23.4 Å². The van der Waals surface area contributed by atoms with Crippen LogP contribution in [0.5, 0.6) is 5.75 Å². The Morgan fingerprint density at radius 1 is 1.33 bits per heavy atom. The van der Waals surface area contributed by atoms with Crippen LogP contribution < -0.4 is 10.1 Å². The van der Waals surface area contributed by atoms with E-state index < -0.39 is 6.61 Å². The molecule has 27 heavy (non-hydrogen) atoms. The van der Waals surface area contributed by atoms with Gasteiger partial charge in [0.15, 0.2) is 5.16 Å². The molecule has 0 bridgehead atoms. The predicted molar refractivity (Wildman–Crippen MR) is 97.7 cm³/mol. The Hall–Kier alpha value is -1.87. The lowest BCUT2D eigenvalue weighted by atomic mass is 10.3. The van der Waals surface area contributed by atoms with Crippen molar-refractivity contribution >= 4 is 35.0 Å². The topological polar surface area (TPSA) is 69.0 Å². The fraction of sp³-hybridized carbons (Fsp3) is 0.471. The highest BCUT2D eigenvalue weighted by atomic mass is 35.5. The van der Waals surface area contributed by atoms with Gasteiger partial charge < -0.3 is 14.6 Å². The number of ether oxygens (including phenoxy) is 1. The average Bonchev–Trinajstić information content (AvgIpc) is 3.54. The van der Waals surface area contributed by atoms with Gasteiger partial charge in [0.1, 0.15) is 11.6 Å². The highest BCUT2D eigenvalue weighted by molar-refractivity contribution is 7.99.